The zero-order valence-electron chi connectivity index (χ0n) is 45.5. The third kappa shape index (κ3) is 50.2. The Morgan fingerprint density at radius 3 is 1.38 bits per heavy atom. The first-order valence-corrected chi connectivity index (χ1v) is 29.8. The van der Waals surface area contributed by atoms with Gasteiger partial charge < -0.3 is 19.4 Å². The summed E-state index contributed by atoms with van der Waals surface area (Å²) in [5.74, 6) is -0.601. The van der Waals surface area contributed by atoms with Crippen LogP contribution in [-0.2, 0) is 27.9 Å². The van der Waals surface area contributed by atoms with Crippen LogP contribution >= 0.6 is 7.82 Å². The van der Waals surface area contributed by atoms with Crippen LogP contribution in [0.4, 0.5) is 0 Å². The maximum Gasteiger partial charge on any atom is 0.472 e. The summed E-state index contributed by atoms with van der Waals surface area (Å²) >= 11 is 0. The molecule has 10 heteroatoms. The summed E-state index contributed by atoms with van der Waals surface area (Å²) in [6.07, 6.45) is 62.0. The number of phosphoric acid groups is 1. The second-order valence-corrected chi connectivity index (χ2v) is 21.6. The summed E-state index contributed by atoms with van der Waals surface area (Å²) in [6.45, 7) is 6.90. The Hall–Kier alpha value is -2.55. The van der Waals surface area contributed by atoms with Gasteiger partial charge in [0.05, 0.1) is 33.8 Å². The van der Waals surface area contributed by atoms with Gasteiger partial charge in [-0.25, -0.2) is 4.57 Å². The van der Waals surface area contributed by atoms with Gasteiger partial charge in [0.2, 0.25) is 5.91 Å². The number of allylic oxidation sites excluding steroid dienone is 11. The van der Waals surface area contributed by atoms with Crippen molar-refractivity contribution in [3.05, 3.63) is 72.9 Å². The van der Waals surface area contributed by atoms with E-state index in [1.165, 1.54) is 122 Å². The lowest BCUT2D eigenvalue weighted by atomic mass is 10.1. The topological polar surface area (TPSA) is 111 Å². The number of rotatable bonds is 50. The van der Waals surface area contributed by atoms with Gasteiger partial charge in [-0.3, -0.25) is 18.6 Å². The number of hydrogen-bond acceptors (Lipinski definition) is 6. The number of likely N-dealkylation sites (N-methyl/N-ethyl adjacent to an activating group) is 1. The van der Waals surface area contributed by atoms with Crippen LogP contribution in [-0.4, -0.2) is 74.3 Å². The Bertz CT molecular complexity index is 1420. The lowest BCUT2D eigenvalue weighted by Crippen LogP contribution is -2.47. The number of amides is 1. The molecule has 69 heavy (non-hydrogen) atoms. The third-order valence-corrected chi connectivity index (χ3v) is 13.1. The summed E-state index contributed by atoms with van der Waals surface area (Å²) in [4.78, 5) is 37.5. The summed E-state index contributed by atoms with van der Waals surface area (Å²) < 4.78 is 30.5. The molecule has 0 aromatic rings. The molecule has 0 aliphatic heterocycles. The second-order valence-electron chi connectivity index (χ2n) is 20.1. The molecular formula is C59H108N2O7P+. The van der Waals surface area contributed by atoms with Crippen LogP contribution in [0.25, 0.3) is 0 Å². The highest BCUT2D eigenvalue weighted by molar-refractivity contribution is 7.47. The van der Waals surface area contributed by atoms with Crippen LogP contribution in [0, 0.1) is 0 Å². The van der Waals surface area contributed by atoms with Gasteiger partial charge in [0.25, 0.3) is 0 Å². The van der Waals surface area contributed by atoms with Crippen molar-refractivity contribution in [2.24, 2.45) is 0 Å². The van der Waals surface area contributed by atoms with Crippen LogP contribution < -0.4 is 5.32 Å². The van der Waals surface area contributed by atoms with Gasteiger partial charge in [0.15, 0.2) is 0 Å². The average Bonchev–Trinajstić information content (AvgIpc) is 3.31. The molecule has 0 aromatic carbocycles. The first-order chi connectivity index (χ1) is 33.4. The number of carbonyl (C=O) groups excluding carboxylic acids is 2. The maximum atomic E-state index is 13.4. The van der Waals surface area contributed by atoms with Gasteiger partial charge in [0, 0.05) is 12.8 Å². The molecule has 0 aromatic heterocycles. The van der Waals surface area contributed by atoms with Gasteiger partial charge >= 0.3 is 13.8 Å². The highest BCUT2D eigenvalue weighted by Crippen LogP contribution is 2.43. The Morgan fingerprint density at radius 1 is 0.507 bits per heavy atom. The Kier molecular flexibility index (Phi) is 47.2. The van der Waals surface area contributed by atoms with Gasteiger partial charge in [-0.15, -0.1) is 0 Å². The molecule has 0 bridgehead atoms. The first kappa shape index (κ1) is 66.5. The lowest BCUT2D eigenvalue weighted by Gasteiger charge is -2.27. The van der Waals surface area contributed by atoms with E-state index in [0.29, 0.717) is 23.9 Å². The molecule has 0 spiro atoms. The predicted molar refractivity (Wildman–Crippen MR) is 295 cm³/mol. The lowest BCUT2D eigenvalue weighted by molar-refractivity contribution is -0.870. The molecule has 0 rings (SSSR count). The third-order valence-electron chi connectivity index (χ3n) is 12.1. The predicted octanol–water partition coefficient (Wildman–Crippen LogP) is 16.9. The van der Waals surface area contributed by atoms with Crippen LogP contribution in [0.3, 0.4) is 0 Å². The van der Waals surface area contributed by atoms with Gasteiger partial charge in [-0.2, -0.15) is 0 Å². The molecule has 2 N–H and O–H groups in total. The number of phosphoric ester groups is 1. The molecule has 400 valence electrons. The number of hydrogen-bond donors (Lipinski definition) is 2. The van der Waals surface area contributed by atoms with Crippen LogP contribution in [0.2, 0.25) is 0 Å². The monoisotopic (exact) mass is 988 g/mol. The van der Waals surface area contributed by atoms with Crippen molar-refractivity contribution in [3.63, 3.8) is 0 Å². The number of esters is 1. The van der Waals surface area contributed by atoms with Crippen LogP contribution in [0.15, 0.2) is 72.9 Å². The molecule has 0 aliphatic carbocycles. The van der Waals surface area contributed by atoms with E-state index in [1.807, 2.05) is 39.4 Å². The van der Waals surface area contributed by atoms with E-state index in [0.717, 1.165) is 70.6 Å². The number of nitrogens with one attached hydrogen (secondary N) is 1. The Labute approximate surface area is 425 Å². The van der Waals surface area contributed by atoms with Crippen LogP contribution in [0.5, 0.6) is 0 Å². The molecular weight excluding hydrogens is 880 g/mol. The molecule has 0 aliphatic rings. The molecule has 1 amide bonds. The molecule has 9 nitrogen and oxygen atoms in total. The zero-order chi connectivity index (χ0) is 50.8. The van der Waals surface area contributed by atoms with Crippen molar-refractivity contribution in [1.29, 1.82) is 0 Å². The van der Waals surface area contributed by atoms with E-state index in [4.69, 9.17) is 13.8 Å². The quantitative estimate of drug-likeness (QED) is 0.0205. The number of quaternary nitrogens is 1. The van der Waals surface area contributed by atoms with E-state index in [1.54, 1.807) is 0 Å². The fourth-order valence-electron chi connectivity index (χ4n) is 7.70. The summed E-state index contributed by atoms with van der Waals surface area (Å²) in [5, 5.41) is 3.00. The zero-order valence-corrected chi connectivity index (χ0v) is 46.4. The number of nitrogens with zero attached hydrogens (tertiary/aromatic N) is 1. The molecule has 0 fully saturated rings. The number of unbranched alkanes of at least 4 members (excludes halogenated alkanes) is 24. The minimum absolute atomic E-state index is 0.0263. The average molecular weight is 988 g/mol. The maximum absolute atomic E-state index is 13.4. The Morgan fingerprint density at radius 2 is 0.899 bits per heavy atom. The van der Waals surface area contributed by atoms with Crippen molar-refractivity contribution in [3.8, 4) is 0 Å². The molecule has 0 heterocycles. The van der Waals surface area contributed by atoms with Crippen molar-refractivity contribution < 1.29 is 37.3 Å². The van der Waals surface area contributed by atoms with E-state index < -0.39 is 20.0 Å². The molecule has 0 radical (unpaired) electrons. The minimum atomic E-state index is -4.46. The van der Waals surface area contributed by atoms with Crippen molar-refractivity contribution in [1.82, 2.24) is 5.32 Å². The molecule has 0 saturated heterocycles. The van der Waals surface area contributed by atoms with Crippen molar-refractivity contribution in [2.45, 2.75) is 251 Å². The second kappa shape index (κ2) is 49.0. The summed E-state index contributed by atoms with van der Waals surface area (Å²) in [5.41, 5.74) is 0. The number of ether oxygens (including phenoxy) is 1. The number of carbonyl (C=O) groups is 2. The van der Waals surface area contributed by atoms with Crippen LogP contribution in [0.1, 0.15) is 239 Å². The highest BCUT2D eigenvalue weighted by atomic mass is 31.2. The van der Waals surface area contributed by atoms with Gasteiger partial charge in [-0.1, -0.05) is 210 Å². The van der Waals surface area contributed by atoms with Crippen molar-refractivity contribution in [2.75, 3.05) is 40.9 Å². The molecule has 3 atom stereocenters. The van der Waals surface area contributed by atoms with E-state index in [-0.39, 0.29) is 37.9 Å². The normalized spacial score (nSPS) is 14.4. The fraction of sp³-hybridized carbons (Fsp3) is 0.763. The largest absolute Gasteiger partial charge is 0.472 e. The standard InChI is InChI=1S/C59H107N2O7P/c1-7-10-13-16-19-22-25-27-28-29-30-31-32-34-37-40-43-46-49-52-59(63)68-57(50-47-44-41-38-35-24-21-18-15-12-9-3)56(55-67-69(64,65)66-54-53-61(4,5)6)60-58(62)51-48-45-42-39-36-33-26-23-20-17-14-11-8-2/h19,22,27-28,30-31,33,36,42,45,47,50,56-57H,7-18,20-21,23-26,29,32,34-35,37-41,43-44,46,48-49,51-55H2,1-6H3,(H-,60,62,64,65)/p+1/b22-19-,28-27-,31-30-,36-33-,45-42+,50-47-. The molecule has 0 saturated carbocycles. The van der Waals surface area contributed by atoms with E-state index in [2.05, 4.69) is 80.8 Å². The van der Waals surface area contributed by atoms with Crippen molar-refractivity contribution >= 4 is 19.7 Å². The smallest absolute Gasteiger partial charge is 0.456 e. The SMILES string of the molecule is CCCCC/C=C\C/C=C\C/C=C\CCCCCCCCC(=O)OC(/C=C\CCCCCCCCCCC)C(COP(=O)(O)OCC[N+](C)(C)C)NC(=O)CC/C=C/C/C=C\CCCCCCCC. The van der Waals surface area contributed by atoms with E-state index >= 15 is 0 Å². The first-order valence-electron chi connectivity index (χ1n) is 28.3. The Balaban J connectivity index is 5.39. The highest BCUT2D eigenvalue weighted by Gasteiger charge is 2.30. The fourth-order valence-corrected chi connectivity index (χ4v) is 8.44. The molecule has 3 unspecified atom stereocenters. The summed E-state index contributed by atoms with van der Waals surface area (Å²) in [7, 11) is 1.45. The minimum Gasteiger partial charge on any atom is -0.456 e. The summed E-state index contributed by atoms with van der Waals surface area (Å²) in [6, 6.07) is -0.885. The van der Waals surface area contributed by atoms with E-state index in [9.17, 15) is 19.0 Å². The van der Waals surface area contributed by atoms with Gasteiger partial charge in [0.1, 0.15) is 19.3 Å². The van der Waals surface area contributed by atoms with Gasteiger partial charge in [-0.05, 0) is 89.5 Å².